The van der Waals surface area contributed by atoms with Crippen molar-refractivity contribution in [2.75, 3.05) is 11.9 Å². The van der Waals surface area contributed by atoms with Gasteiger partial charge in [-0.25, -0.2) is 0 Å². The summed E-state index contributed by atoms with van der Waals surface area (Å²) in [7, 11) is 0. The molecule has 1 amide bonds. The first-order chi connectivity index (χ1) is 11.1. The van der Waals surface area contributed by atoms with E-state index < -0.39 is 0 Å². The number of amides is 1. The Hall–Kier alpha value is -2.13. The Balaban J connectivity index is 1.79. The van der Waals surface area contributed by atoms with Crippen molar-refractivity contribution in [1.29, 1.82) is 0 Å². The highest BCUT2D eigenvalue weighted by molar-refractivity contribution is 5.91. The third kappa shape index (κ3) is 5.53. The Morgan fingerprint density at radius 2 is 1.61 bits per heavy atom. The number of rotatable bonds is 7. The van der Waals surface area contributed by atoms with Gasteiger partial charge < -0.3 is 10.6 Å². The first-order valence-corrected chi connectivity index (χ1v) is 8.21. The summed E-state index contributed by atoms with van der Waals surface area (Å²) >= 11 is 0. The third-order valence-corrected chi connectivity index (χ3v) is 3.89. The molecule has 0 bridgehead atoms. The van der Waals surface area contributed by atoms with E-state index in [0.29, 0.717) is 5.92 Å². The predicted octanol–water partition coefficient (Wildman–Crippen LogP) is 4.17. The summed E-state index contributed by atoms with van der Waals surface area (Å²) in [6.45, 7) is 7.78. The van der Waals surface area contributed by atoms with E-state index >= 15 is 0 Å². The van der Waals surface area contributed by atoms with Crippen LogP contribution in [0.25, 0.3) is 0 Å². The molecular formula is C20H26N2O. The molecule has 0 aliphatic rings. The second-order valence-electron chi connectivity index (χ2n) is 6.28. The summed E-state index contributed by atoms with van der Waals surface area (Å²) in [4.78, 5) is 11.7. The Labute approximate surface area is 139 Å². The second kappa shape index (κ2) is 8.49. The molecular weight excluding hydrogens is 284 g/mol. The molecule has 122 valence electrons. The van der Waals surface area contributed by atoms with E-state index in [1.165, 1.54) is 11.1 Å². The molecule has 2 aromatic carbocycles. The fraction of sp³-hybridized carbons (Fsp3) is 0.350. The van der Waals surface area contributed by atoms with Crippen LogP contribution in [-0.4, -0.2) is 12.5 Å². The minimum absolute atomic E-state index is 0.00387. The summed E-state index contributed by atoms with van der Waals surface area (Å²) in [6, 6.07) is 18.6. The van der Waals surface area contributed by atoms with Crippen LogP contribution in [0.3, 0.4) is 0 Å². The van der Waals surface area contributed by atoms with Crippen LogP contribution in [0.2, 0.25) is 0 Å². The number of hydrogen-bond acceptors (Lipinski definition) is 2. The van der Waals surface area contributed by atoms with Gasteiger partial charge in [-0.15, -0.1) is 0 Å². The van der Waals surface area contributed by atoms with Crippen molar-refractivity contribution in [2.45, 2.75) is 33.2 Å². The fourth-order valence-corrected chi connectivity index (χ4v) is 2.32. The van der Waals surface area contributed by atoms with E-state index in [4.69, 9.17) is 0 Å². The number of carbonyl (C=O) groups excluding carboxylic acids is 1. The lowest BCUT2D eigenvalue weighted by atomic mass is 10.0. The van der Waals surface area contributed by atoms with E-state index in [-0.39, 0.29) is 11.8 Å². The SMILES string of the molecule is CC(C)C(=O)Nc1ccc(CNCC(C)c2ccccc2)cc1. The number of anilines is 1. The topological polar surface area (TPSA) is 41.1 Å². The first-order valence-electron chi connectivity index (χ1n) is 8.21. The van der Waals surface area contributed by atoms with Crippen LogP contribution >= 0.6 is 0 Å². The quantitative estimate of drug-likeness (QED) is 0.805. The highest BCUT2D eigenvalue weighted by Gasteiger charge is 2.07. The molecule has 0 saturated heterocycles. The van der Waals surface area contributed by atoms with Crippen LogP contribution in [0.1, 0.15) is 37.8 Å². The predicted molar refractivity (Wildman–Crippen MR) is 96.5 cm³/mol. The van der Waals surface area contributed by atoms with Crippen LogP contribution in [0.4, 0.5) is 5.69 Å². The van der Waals surface area contributed by atoms with Gasteiger partial charge >= 0.3 is 0 Å². The van der Waals surface area contributed by atoms with Crippen molar-refractivity contribution in [1.82, 2.24) is 5.32 Å². The van der Waals surface area contributed by atoms with Crippen molar-refractivity contribution in [3.63, 3.8) is 0 Å². The number of nitrogens with one attached hydrogen (secondary N) is 2. The first kappa shape index (κ1) is 17.2. The minimum atomic E-state index is -0.00387. The average molecular weight is 310 g/mol. The number of benzene rings is 2. The Morgan fingerprint density at radius 3 is 2.22 bits per heavy atom. The van der Waals surface area contributed by atoms with E-state index in [2.05, 4.69) is 54.0 Å². The molecule has 23 heavy (non-hydrogen) atoms. The van der Waals surface area contributed by atoms with E-state index in [9.17, 15) is 4.79 Å². The molecule has 1 unspecified atom stereocenters. The zero-order chi connectivity index (χ0) is 16.7. The normalized spacial score (nSPS) is 12.2. The summed E-state index contributed by atoms with van der Waals surface area (Å²) in [5.74, 6) is 0.532. The molecule has 2 N–H and O–H groups in total. The molecule has 0 saturated carbocycles. The summed E-state index contributed by atoms with van der Waals surface area (Å²) in [5, 5.41) is 6.40. The van der Waals surface area contributed by atoms with Gasteiger partial charge in [0.2, 0.25) is 5.91 Å². The lowest BCUT2D eigenvalue weighted by molar-refractivity contribution is -0.118. The monoisotopic (exact) mass is 310 g/mol. The standard InChI is InChI=1S/C20H26N2O/c1-15(2)20(23)22-19-11-9-17(10-12-19)14-21-13-16(3)18-7-5-4-6-8-18/h4-12,15-16,21H,13-14H2,1-3H3,(H,22,23). The van der Waals surface area contributed by atoms with Crippen LogP contribution < -0.4 is 10.6 Å². The molecule has 1 atom stereocenters. The van der Waals surface area contributed by atoms with Crippen molar-refractivity contribution in [3.8, 4) is 0 Å². The van der Waals surface area contributed by atoms with Gasteiger partial charge in [0.1, 0.15) is 0 Å². The third-order valence-electron chi connectivity index (χ3n) is 3.89. The minimum Gasteiger partial charge on any atom is -0.326 e. The lowest BCUT2D eigenvalue weighted by Gasteiger charge is -2.13. The van der Waals surface area contributed by atoms with Gasteiger partial charge in [-0.2, -0.15) is 0 Å². The zero-order valence-corrected chi connectivity index (χ0v) is 14.2. The molecule has 0 aromatic heterocycles. The smallest absolute Gasteiger partial charge is 0.226 e. The van der Waals surface area contributed by atoms with Crippen molar-refractivity contribution < 1.29 is 4.79 Å². The van der Waals surface area contributed by atoms with Crippen LogP contribution in [0.15, 0.2) is 54.6 Å². The van der Waals surface area contributed by atoms with Crippen LogP contribution in [-0.2, 0) is 11.3 Å². The van der Waals surface area contributed by atoms with E-state index in [0.717, 1.165) is 18.8 Å². The summed E-state index contributed by atoms with van der Waals surface area (Å²) < 4.78 is 0. The molecule has 2 aromatic rings. The largest absolute Gasteiger partial charge is 0.326 e. The van der Waals surface area contributed by atoms with Crippen molar-refractivity contribution in [2.24, 2.45) is 5.92 Å². The van der Waals surface area contributed by atoms with Crippen LogP contribution in [0.5, 0.6) is 0 Å². The summed E-state index contributed by atoms with van der Waals surface area (Å²) in [6.07, 6.45) is 0. The molecule has 2 rings (SSSR count). The highest BCUT2D eigenvalue weighted by Crippen LogP contribution is 2.14. The maximum absolute atomic E-state index is 11.7. The zero-order valence-electron chi connectivity index (χ0n) is 14.2. The second-order valence-corrected chi connectivity index (χ2v) is 6.28. The average Bonchev–Trinajstić information content (AvgIpc) is 2.57. The maximum atomic E-state index is 11.7. The Bertz CT molecular complexity index is 605. The van der Waals surface area contributed by atoms with E-state index in [1.807, 2.05) is 32.0 Å². The molecule has 0 fully saturated rings. The van der Waals surface area contributed by atoms with Gasteiger partial charge in [0.25, 0.3) is 0 Å². The van der Waals surface area contributed by atoms with E-state index in [1.54, 1.807) is 0 Å². The molecule has 0 spiro atoms. The van der Waals surface area contributed by atoms with Gasteiger partial charge in [-0.3, -0.25) is 4.79 Å². The Morgan fingerprint density at radius 1 is 0.957 bits per heavy atom. The van der Waals surface area contributed by atoms with Gasteiger partial charge in [-0.1, -0.05) is 63.2 Å². The lowest BCUT2D eigenvalue weighted by Crippen LogP contribution is -2.20. The fourth-order valence-electron chi connectivity index (χ4n) is 2.32. The summed E-state index contributed by atoms with van der Waals surface area (Å²) in [5.41, 5.74) is 3.42. The molecule has 0 aliphatic heterocycles. The van der Waals surface area contributed by atoms with Gasteiger partial charge in [-0.05, 0) is 29.2 Å². The number of carbonyl (C=O) groups is 1. The molecule has 0 radical (unpaired) electrons. The molecule has 0 heterocycles. The highest BCUT2D eigenvalue weighted by atomic mass is 16.1. The van der Waals surface area contributed by atoms with Gasteiger partial charge in [0.05, 0.1) is 0 Å². The molecule has 3 heteroatoms. The van der Waals surface area contributed by atoms with Crippen LogP contribution in [0, 0.1) is 5.92 Å². The maximum Gasteiger partial charge on any atom is 0.226 e. The van der Waals surface area contributed by atoms with Crippen molar-refractivity contribution >= 4 is 11.6 Å². The molecule has 0 aliphatic carbocycles. The molecule has 3 nitrogen and oxygen atoms in total. The van der Waals surface area contributed by atoms with Gasteiger partial charge in [0.15, 0.2) is 0 Å². The number of hydrogen-bond donors (Lipinski definition) is 2. The Kier molecular flexibility index (Phi) is 6.36. The van der Waals surface area contributed by atoms with Gasteiger partial charge in [0, 0.05) is 24.7 Å². The van der Waals surface area contributed by atoms with Crippen molar-refractivity contribution in [3.05, 3.63) is 65.7 Å².